The van der Waals surface area contributed by atoms with Gasteiger partial charge >= 0.3 is 0 Å². The number of hydrogen-bond acceptors (Lipinski definition) is 2. The van der Waals surface area contributed by atoms with E-state index in [1.807, 2.05) is 6.33 Å². The number of aryl methyl sites for hydroxylation is 1. The van der Waals surface area contributed by atoms with E-state index in [0.717, 1.165) is 25.3 Å². The van der Waals surface area contributed by atoms with Crippen LogP contribution in [-0.4, -0.2) is 16.1 Å². The van der Waals surface area contributed by atoms with Crippen molar-refractivity contribution in [2.45, 2.75) is 26.9 Å². The molecule has 0 aliphatic rings. The highest BCUT2D eigenvalue weighted by Crippen LogP contribution is 2.21. The summed E-state index contributed by atoms with van der Waals surface area (Å²) in [5.41, 5.74) is 3.58. The van der Waals surface area contributed by atoms with Crippen LogP contribution in [0.4, 0.5) is 0 Å². The van der Waals surface area contributed by atoms with Gasteiger partial charge in [-0.05, 0) is 19.0 Å². The summed E-state index contributed by atoms with van der Waals surface area (Å²) in [6, 6.07) is 8.43. The van der Waals surface area contributed by atoms with E-state index in [2.05, 4.69) is 59.2 Å². The average molecular weight is 229 g/mol. The third-order valence-electron chi connectivity index (χ3n) is 2.86. The quantitative estimate of drug-likeness (QED) is 0.854. The fourth-order valence-electron chi connectivity index (χ4n) is 1.86. The Morgan fingerprint density at radius 2 is 2.06 bits per heavy atom. The molecule has 0 fully saturated rings. The first-order valence-electron chi connectivity index (χ1n) is 6.16. The minimum absolute atomic E-state index is 0.895. The summed E-state index contributed by atoms with van der Waals surface area (Å²) in [5.74, 6) is 0. The van der Waals surface area contributed by atoms with Crippen LogP contribution in [0, 0.1) is 0 Å². The summed E-state index contributed by atoms with van der Waals surface area (Å²) in [7, 11) is 0. The highest BCUT2D eigenvalue weighted by atomic mass is 15.0. The van der Waals surface area contributed by atoms with Gasteiger partial charge in [-0.3, -0.25) is 0 Å². The van der Waals surface area contributed by atoms with Crippen molar-refractivity contribution in [3.63, 3.8) is 0 Å². The van der Waals surface area contributed by atoms with E-state index in [1.165, 1.54) is 11.1 Å². The maximum atomic E-state index is 4.46. The lowest BCUT2D eigenvalue weighted by Gasteiger charge is -2.07. The first-order valence-corrected chi connectivity index (χ1v) is 6.16. The van der Waals surface area contributed by atoms with E-state index in [4.69, 9.17) is 0 Å². The van der Waals surface area contributed by atoms with Crippen LogP contribution in [-0.2, 0) is 13.1 Å². The van der Waals surface area contributed by atoms with Gasteiger partial charge in [-0.25, -0.2) is 4.98 Å². The van der Waals surface area contributed by atoms with Crippen molar-refractivity contribution in [2.75, 3.05) is 6.54 Å². The Hall–Kier alpha value is -1.61. The standard InChI is InChI=1S/C14H19N3/c1-3-15-9-12-7-5-6-8-13(12)14-10-17(4-2)11-16-14/h5-8,10-11,15H,3-4,9H2,1-2H3. The third-order valence-corrected chi connectivity index (χ3v) is 2.86. The average Bonchev–Trinajstić information content (AvgIpc) is 2.85. The second kappa shape index (κ2) is 5.64. The maximum Gasteiger partial charge on any atom is 0.0953 e. The van der Waals surface area contributed by atoms with Gasteiger partial charge in [0.1, 0.15) is 0 Å². The molecule has 1 heterocycles. The molecule has 3 heteroatoms. The zero-order chi connectivity index (χ0) is 12.1. The molecule has 3 nitrogen and oxygen atoms in total. The van der Waals surface area contributed by atoms with Crippen molar-refractivity contribution < 1.29 is 0 Å². The zero-order valence-corrected chi connectivity index (χ0v) is 10.5. The molecule has 0 unspecified atom stereocenters. The SMILES string of the molecule is CCNCc1ccccc1-c1cn(CC)cn1. The number of benzene rings is 1. The second-order valence-electron chi connectivity index (χ2n) is 4.03. The fourth-order valence-corrected chi connectivity index (χ4v) is 1.86. The Balaban J connectivity index is 2.30. The summed E-state index contributed by atoms with van der Waals surface area (Å²) in [5, 5.41) is 3.36. The Bertz CT molecular complexity index is 474. The predicted molar refractivity (Wildman–Crippen MR) is 70.7 cm³/mol. The van der Waals surface area contributed by atoms with Gasteiger partial charge in [-0.15, -0.1) is 0 Å². The third kappa shape index (κ3) is 2.74. The zero-order valence-electron chi connectivity index (χ0n) is 10.5. The largest absolute Gasteiger partial charge is 0.337 e. The maximum absolute atomic E-state index is 4.46. The molecule has 17 heavy (non-hydrogen) atoms. The molecule has 0 aliphatic heterocycles. The summed E-state index contributed by atoms with van der Waals surface area (Å²) >= 11 is 0. The molecule has 0 radical (unpaired) electrons. The van der Waals surface area contributed by atoms with Crippen LogP contribution in [0.3, 0.4) is 0 Å². The first-order chi connectivity index (χ1) is 8.35. The highest BCUT2D eigenvalue weighted by Gasteiger charge is 2.06. The Morgan fingerprint density at radius 1 is 1.24 bits per heavy atom. The van der Waals surface area contributed by atoms with Gasteiger partial charge < -0.3 is 9.88 Å². The van der Waals surface area contributed by atoms with Gasteiger partial charge in [0, 0.05) is 24.8 Å². The molecule has 0 spiro atoms. The minimum Gasteiger partial charge on any atom is -0.337 e. The van der Waals surface area contributed by atoms with E-state index in [-0.39, 0.29) is 0 Å². The molecule has 2 aromatic rings. The van der Waals surface area contributed by atoms with E-state index < -0.39 is 0 Å². The Labute approximate surface area is 103 Å². The van der Waals surface area contributed by atoms with E-state index in [9.17, 15) is 0 Å². The van der Waals surface area contributed by atoms with E-state index >= 15 is 0 Å². The first kappa shape index (κ1) is 11.9. The molecule has 90 valence electrons. The summed E-state index contributed by atoms with van der Waals surface area (Å²) in [4.78, 5) is 4.46. The molecule has 2 rings (SSSR count). The number of aromatic nitrogens is 2. The van der Waals surface area contributed by atoms with Crippen LogP contribution in [0.2, 0.25) is 0 Å². The van der Waals surface area contributed by atoms with E-state index in [0.29, 0.717) is 0 Å². The van der Waals surface area contributed by atoms with Gasteiger partial charge in [0.05, 0.1) is 12.0 Å². The molecule has 1 aromatic carbocycles. The predicted octanol–water partition coefficient (Wildman–Crippen LogP) is 2.68. The van der Waals surface area contributed by atoms with Crippen LogP contribution in [0.15, 0.2) is 36.8 Å². The number of nitrogens with one attached hydrogen (secondary N) is 1. The molecule has 0 saturated carbocycles. The summed E-state index contributed by atoms with van der Waals surface area (Å²) in [6.07, 6.45) is 3.99. The summed E-state index contributed by atoms with van der Waals surface area (Å²) in [6.45, 7) is 7.08. The normalized spacial score (nSPS) is 10.7. The number of hydrogen-bond donors (Lipinski definition) is 1. The van der Waals surface area contributed by atoms with Gasteiger partial charge in [-0.1, -0.05) is 31.2 Å². The lowest BCUT2D eigenvalue weighted by atomic mass is 10.1. The smallest absolute Gasteiger partial charge is 0.0953 e. The number of rotatable bonds is 5. The van der Waals surface area contributed by atoms with Crippen molar-refractivity contribution in [3.05, 3.63) is 42.4 Å². The molecular weight excluding hydrogens is 210 g/mol. The molecule has 0 saturated heterocycles. The van der Waals surface area contributed by atoms with Crippen LogP contribution in [0.5, 0.6) is 0 Å². The van der Waals surface area contributed by atoms with Crippen molar-refractivity contribution in [1.29, 1.82) is 0 Å². The monoisotopic (exact) mass is 229 g/mol. The molecule has 1 aromatic heterocycles. The van der Waals surface area contributed by atoms with Crippen LogP contribution in [0.1, 0.15) is 19.4 Å². The Morgan fingerprint density at radius 3 is 2.76 bits per heavy atom. The van der Waals surface area contributed by atoms with Gasteiger partial charge in [0.15, 0.2) is 0 Å². The van der Waals surface area contributed by atoms with Crippen LogP contribution >= 0.6 is 0 Å². The molecule has 0 atom stereocenters. The molecular formula is C14H19N3. The number of nitrogens with zero attached hydrogens (tertiary/aromatic N) is 2. The minimum atomic E-state index is 0.895. The fraction of sp³-hybridized carbons (Fsp3) is 0.357. The lowest BCUT2D eigenvalue weighted by Crippen LogP contribution is -2.12. The molecule has 1 N–H and O–H groups in total. The molecule has 0 amide bonds. The van der Waals surface area contributed by atoms with Crippen molar-refractivity contribution in [1.82, 2.24) is 14.9 Å². The number of imidazole rings is 1. The van der Waals surface area contributed by atoms with E-state index in [1.54, 1.807) is 0 Å². The lowest BCUT2D eigenvalue weighted by molar-refractivity contribution is 0.727. The second-order valence-corrected chi connectivity index (χ2v) is 4.03. The van der Waals surface area contributed by atoms with Crippen molar-refractivity contribution in [2.24, 2.45) is 0 Å². The highest BCUT2D eigenvalue weighted by molar-refractivity contribution is 5.62. The van der Waals surface area contributed by atoms with Gasteiger partial charge in [0.2, 0.25) is 0 Å². The molecule has 0 bridgehead atoms. The van der Waals surface area contributed by atoms with Gasteiger partial charge in [-0.2, -0.15) is 0 Å². The Kier molecular flexibility index (Phi) is 3.94. The van der Waals surface area contributed by atoms with Crippen molar-refractivity contribution in [3.8, 4) is 11.3 Å². The molecule has 0 aliphatic carbocycles. The van der Waals surface area contributed by atoms with Gasteiger partial charge in [0.25, 0.3) is 0 Å². The topological polar surface area (TPSA) is 29.9 Å². The van der Waals surface area contributed by atoms with Crippen molar-refractivity contribution >= 4 is 0 Å². The van der Waals surface area contributed by atoms with Crippen LogP contribution < -0.4 is 5.32 Å². The summed E-state index contributed by atoms with van der Waals surface area (Å²) < 4.78 is 2.10. The van der Waals surface area contributed by atoms with Crippen LogP contribution in [0.25, 0.3) is 11.3 Å².